The molecule has 1 aromatic carbocycles. The maximum atomic E-state index is 12.1. The molecule has 2 saturated heterocycles. The lowest BCUT2D eigenvalue weighted by Gasteiger charge is -2.40. The maximum Gasteiger partial charge on any atom is 0.410 e. The predicted molar refractivity (Wildman–Crippen MR) is 119 cm³/mol. The van der Waals surface area contributed by atoms with Gasteiger partial charge in [0, 0.05) is 38.4 Å². The Kier molecular flexibility index (Phi) is 7.42. The van der Waals surface area contributed by atoms with Gasteiger partial charge in [-0.05, 0) is 39.3 Å². The molecule has 1 amide bonds. The number of benzene rings is 1. The first-order valence-corrected chi connectivity index (χ1v) is 10.8. The van der Waals surface area contributed by atoms with Gasteiger partial charge in [-0.3, -0.25) is 0 Å². The molecule has 0 aromatic heterocycles. The Hall–Kier alpha value is -2.48. The molecule has 166 valence electrons. The maximum absolute atomic E-state index is 12.1. The highest BCUT2D eigenvalue weighted by atomic mass is 16.6. The zero-order chi connectivity index (χ0) is 21.6. The molecule has 0 atom stereocenters. The van der Waals surface area contributed by atoms with Crippen LogP contribution in [0.2, 0.25) is 0 Å². The molecule has 0 aliphatic carbocycles. The van der Waals surface area contributed by atoms with E-state index in [0.717, 1.165) is 38.8 Å². The third-order valence-electron chi connectivity index (χ3n) is 4.97. The molecule has 0 bridgehead atoms. The topological polar surface area (TPSA) is 78.4 Å². The number of ether oxygens (including phenoxy) is 2. The molecule has 2 heterocycles. The molecule has 1 aromatic rings. The Balaban J connectivity index is 1.57. The number of hydrogen-bond acceptors (Lipinski definition) is 5. The normalized spacial score (nSPS) is 18.1. The summed E-state index contributed by atoms with van der Waals surface area (Å²) in [5, 5.41) is 6.73. The van der Waals surface area contributed by atoms with Crippen molar-refractivity contribution in [2.45, 2.75) is 45.9 Å². The zero-order valence-electron chi connectivity index (χ0n) is 18.6. The number of carbonyl (C=O) groups excluding carboxylic acids is 1. The van der Waals surface area contributed by atoms with Crippen molar-refractivity contribution in [2.75, 3.05) is 50.8 Å². The Bertz CT molecular complexity index is 735. The van der Waals surface area contributed by atoms with E-state index < -0.39 is 5.60 Å². The monoisotopic (exact) mass is 417 g/mol. The fourth-order valence-corrected chi connectivity index (χ4v) is 3.48. The van der Waals surface area contributed by atoms with Crippen molar-refractivity contribution < 1.29 is 14.3 Å². The molecule has 8 nitrogen and oxygen atoms in total. The average Bonchev–Trinajstić information content (AvgIpc) is 2.68. The number of carbonyl (C=O) groups is 1. The smallest absolute Gasteiger partial charge is 0.410 e. The van der Waals surface area contributed by atoms with Gasteiger partial charge in [0.15, 0.2) is 5.96 Å². The highest BCUT2D eigenvalue weighted by Crippen LogP contribution is 2.22. The van der Waals surface area contributed by atoms with Crippen LogP contribution >= 0.6 is 0 Å². The Morgan fingerprint density at radius 1 is 1.23 bits per heavy atom. The van der Waals surface area contributed by atoms with Crippen molar-refractivity contribution in [1.82, 2.24) is 15.5 Å². The summed E-state index contributed by atoms with van der Waals surface area (Å²) >= 11 is 0. The Morgan fingerprint density at radius 2 is 1.93 bits per heavy atom. The molecule has 2 N–H and O–H groups in total. The molecule has 8 heteroatoms. The van der Waals surface area contributed by atoms with Gasteiger partial charge < -0.3 is 29.9 Å². The number of para-hydroxylation sites is 1. The summed E-state index contributed by atoms with van der Waals surface area (Å²) in [5.74, 6) is 0.767. The Morgan fingerprint density at radius 3 is 2.60 bits per heavy atom. The summed E-state index contributed by atoms with van der Waals surface area (Å²) in [6.45, 7) is 13.6. The van der Waals surface area contributed by atoms with Crippen LogP contribution in [0.25, 0.3) is 0 Å². The minimum absolute atomic E-state index is 0.171. The van der Waals surface area contributed by atoms with Gasteiger partial charge in [-0.25, -0.2) is 9.79 Å². The first kappa shape index (κ1) is 22.2. The number of amides is 1. The molecule has 2 fully saturated rings. The summed E-state index contributed by atoms with van der Waals surface area (Å²) in [7, 11) is 0. The zero-order valence-corrected chi connectivity index (χ0v) is 18.6. The van der Waals surface area contributed by atoms with Crippen molar-refractivity contribution in [3.63, 3.8) is 0 Å². The van der Waals surface area contributed by atoms with Crippen LogP contribution in [0.5, 0.6) is 0 Å². The van der Waals surface area contributed by atoms with Gasteiger partial charge in [0.2, 0.25) is 0 Å². The first-order chi connectivity index (χ1) is 14.4. The molecular formula is C22H35N5O3. The third-order valence-corrected chi connectivity index (χ3v) is 4.97. The quantitative estimate of drug-likeness (QED) is 0.565. The number of rotatable bonds is 5. The van der Waals surface area contributed by atoms with Crippen molar-refractivity contribution in [3.8, 4) is 0 Å². The standard InChI is InChI=1S/C22H35N5O3/c1-5-23-20(25-18-15-27(16-18)21(28)30-22(2,3)4)24-14-17-8-6-7-9-19(17)26-10-12-29-13-11-26/h6-9,18H,5,10-16H2,1-4H3,(H2,23,24,25). The highest BCUT2D eigenvalue weighted by molar-refractivity contribution is 5.81. The lowest BCUT2D eigenvalue weighted by molar-refractivity contribution is 0.00700. The molecule has 30 heavy (non-hydrogen) atoms. The molecule has 0 unspecified atom stereocenters. The Labute approximate surface area is 179 Å². The number of hydrogen-bond donors (Lipinski definition) is 2. The van der Waals surface area contributed by atoms with Crippen LogP contribution in [-0.2, 0) is 16.0 Å². The van der Waals surface area contributed by atoms with Gasteiger partial charge in [-0.2, -0.15) is 0 Å². The lowest BCUT2D eigenvalue weighted by Crippen LogP contribution is -2.63. The van der Waals surface area contributed by atoms with E-state index in [-0.39, 0.29) is 12.1 Å². The van der Waals surface area contributed by atoms with E-state index in [1.54, 1.807) is 4.90 Å². The van der Waals surface area contributed by atoms with E-state index in [2.05, 4.69) is 39.8 Å². The number of guanidine groups is 1. The van der Waals surface area contributed by atoms with Crippen molar-refractivity contribution in [2.24, 2.45) is 4.99 Å². The number of nitrogens with one attached hydrogen (secondary N) is 2. The molecule has 0 spiro atoms. The van der Waals surface area contributed by atoms with Gasteiger partial charge in [-0.15, -0.1) is 0 Å². The fraction of sp³-hybridized carbons (Fsp3) is 0.636. The SMILES string of the molecule is CCNC(=NCc1ccccc1N1CCOCC1)NC1CN(C(=O)OC(C)(C)C)C1. The summed E-state index contributed by atoms with van der Waals surface area (Å²) in [6.07, 6.45) is -0.262. The minimum atomic E-state index is -0.472. The summed E-state index contributed by atoms with van der Waals surface area (Å²) < 4.78 is 10.9. The first-order valence-electron chi connectivity index (χ1n) is 10.8. The number of morpholine rings is 1. The van der Waals surface area contributed by atoms with E-state index in [9.17, 15) is 4.79 Å². The van der Waals surface area contributed by atoms with E-state index in [4.69, 9.17) is 14.5 Å². The van der Waals surface area contributed by atoms with Crippen molar-refractivity contribution in [3.05, 3.63) is 29.8 Å². The molecule has 2 aliphatic rings. The van der Waals surface area contributed by atoms with Gasteiger partial charge in [-0.1, -0.05) is 18.2 Å². The van der Waals surface area contributed by atoms with E-state index in [1.165, 1.54) is 11.3 Å². The van der Waals surface area contributed by atoms with Gasteiger partial charge in [0.1, 0.15) is 5.60 Å². The van der Waals surface area contributed by atoms with E-state index >= 15 is 0 Å². The summed E-state index contributed by atoms with van der Waals surface area (Å²) in [5.41, 5.74) is 1.94. The predicted octanol–water partition coefficient (Wildman–Crippen LogP) is 2.20. The van der Waals surface area contributed by atoms with Crippen LogP contribution in [-0.4, -0.2) is 74.5 Å². The van der Waals surface area contributed by atoms with Gasteiger partial charge in [0.05, 0.1) is 25.8 Å². The molecular weight excluding hydrogens is 382 g/mol. The minimum Gasteiger partial charge on any atom is -0.444 e. The molecule has 0 saturated carbocycles. The third kappa shape index (κ3) is 6.26. The van der Waals surface area contributed by atoms with E-state index in [0.29, 0.717) is 19.6 Å². The van der Waals surface area contributed by atoms with Crippen LogP contribution in [0.4, 0.5) is 10.5 Å². The fourth-order valence-electron chi connectivity index (χ4n) is 3.48. The number of nitrogens with zero attached hydrogens (tertiary/aromatic N) is 3. The number of anilines is 1. The number of aliphatic imine (C=N–C) groups is 1. The molecule has 2 aliphatic heterocycles. The van der Waals surface area contributed by atoms with Crippen LogP contribution < -0.4 is 15.5 Å². The number of likely N-dealkylation sites (tertiary alicyclic amines) is 1. The second-order valence-electron chi connectivity index (χ2n) is 8.65. The second-order valence-corrected chi connectivity index (χ2v) is 8.65. The molecule has 0 radical (unpaired) electrons. The summed E-state index contributed by atoms with van der Waals surface area (Å²) in [4.78, 5) is 21.0. The highest BCUT2D eigenvalue weighted by Gasteiger charge is 2.34. The molecule has 3 rings (SSSR count). The van der Waals surface area contributed by atoms with Crippen LogP contribution in [0.15, 0.2) is 29.3 Å². The van der Waals surface area contributed by atoms with Crippen LogP contribution in [0, 0.1) is 0 Å². The second kappa shape index (κ2) is 10.0. The van der Waals surface area contributed by atoms with Crippen molar-refractivity contribution >= 4 is 17.7 Å². The average molecular weight is 418 g/mol. The van der Waals surface area contributed by atoms with Crippen LogP contribution in [0.3, 0.4) is 0 Å². The lowest BCUT2D eigenvalue weighted by atomic mass is 10.1. The van der Waals surface area contributed by atoms with Gasteiger partial charge in [0.25, 0.3) is 0 Å². The van der Waals surface area contributed by atoms with Crippen LogP contribution in [0.1, 0.15) is 33.3 Å². The van der Waals surface area contributed by atoms with Crippen molar-refractivity contribution in [1.29, 1.82) is 0 Å². The summed E-state index contributed by atoms with van der Waals surface area (Å²) in [6, 6.07) is 8.58. The largest absolute Gasteiger partial charge is 0.444 e. The van der Waals surface area contributed by atoms with Gasteiger partial charge >= 0.3 is 6.09 Å². The van der Waals surface area contributed by atoms with E-state index in [1.807, 2.05) is 27.7 Å².